The van der Waals surface area contributed by atoms with Gasteiger partial charge < -0.3 is 25.2 Å². The number of nitrogens with one attached hydrogen (secondary N) is 2. The Bertz CT molecular complexity index is 774. The van der Waals surface area contributed by atoms with E-state index in [9.17, 15) is 4.79 Å². The van der Waals surface area contributed by atoms with Crippen LogP contribution in [0.4, 0.5) is 17.1 Å². The molecule has 1 aliphatic heterocycles. The van der Waals surface area contributed by atoms with Crippen LogP contribution in [0, 0.1) is 0 Å². The average molecular weight is 389 g/mol. The summed E-state index contributed by atoms with van der Waals surface area (Å²) in [7, 11) is 3.71. The molecule has 1 fully saturated rings. The van der Waals surface area contributed by atoms with Crippen molar-refractivity contribution >= 4 is 34.6 Å². The Labute approximate surface area is 165 Å². The maximum Gasteiger partial charge on any atom is 0.243 e. The molecule has 1 saturated heterocycles. The van der Waals surface area contributed by atoms with Crippen molar-refractivity contribution in [3.63, 3.8) is 0 Å². The first kappa shape index (κ1) is 19.3. The van der Waals surface area contributed by atoms with Gasteiger partial charge in [-0.15, -0.1) is 0 Å². The Morgan fingerprint density at radius 1 is 1.07 bits per heavy atom. The van der Waals surface area contributed by atoms with Crippen LogP contribution in [0.3, 0.4) is 0 Å². The Morgan fingerprint density at radius 2 is 1.74 bits per heavy atom. The molecule has 0 atom stereocenters. The van der Waals surface area contributed by atoms with Crippen LogP contribution in [0.1, 0.15) is 0 Å². The Kier molecular flexibility index (Phi) is 6.42. The molecule has 144 valence electrons. The van der Waals surface area contributed by atoms with E-state index in [4.69, 9.17) is 16.3 Å². The van der Waals surface area contributed by atoms with Crippen LogP contribution < -0.4 is 20.3 Å². The van der Waals surface area contributed by atoms with Gasteiger partial charge in [0.15, 0.2) is 0 Å². The molecular formula is C20H25ClN4O2. The van der Waals surface area contributed by atoms with Gasteiger partial charge in [-0.2, -0.15) is 0 Å². The van der Waals surface area contributed by atoms with Crippen LogP contribution >= 0.6 is 11.6 Å². The van der Waals surface area contributed by atoms with Gasteiger partial charge in [0, 0.05) is 43.2 Å². The number of rotatable bonds is 6. The zero-order valence-electron chi connectivity index (χ0n) is 15.7. The summed E-state index contributed by atoms with van der Waals surface area (Å²) >= 11 is 6.09. The zero-order chi connectivity index (χ0) is 19.2. The van der Waals surface area contributed by atoms with Gasteiger partial charge in [-0.25, -0.2) is 0 Å². The van der Waals surface area contributed by atoms with Crippen molar-refractivity contribution in [3.05, 3.63) is 47.5 Å². The summed E-state index contributed by atoms with van der Waals surface area (Å²) in [5.41, 5.74) is 2.74. The topological polar surface area (TPSA) is 56.8 Å². The Balaban J connectivity index is 1.50. The standard InChI is InChI=1S/C20H25ClN4O2/c1-24-9-11-25(12-10-24)17-6-3-15(4-7-17)23-20(26)14-22-16-5-8-19(27-2)18(21)13-16/h3-8,13,22H,9-12,14H2,1-2H3,(H,23,26). The van der Waals surface area contributed by atoms with Crippen molar-refractivity contribution in [1.29, 1.82) is 0 Å². The van der Waals surface area contributed by atoms with E-state index >= 15 is 0 Å². The SMILES string of the molecule is COc1ccc(NCC(=O)Nc2ccc(N3CCN(C)CC3)cc2)cc1Cl. The van der Waals surface area contributed by atoms with E-state index in [0.29, 0.717) is 10.8 Å². The van der Waals surface area contributed by atoms with E-state index in [2.05, 4.69) is 39.6 Å². The first-order valence-corrected chi connectivity index (χ1v) is 9.34. The molecule has 0 spiro atoms. The number of carbonyl (C=O) groups is 1. The molecule has 2 aromatic carbocycles. The normalized spacial score (nSPS) is 14.7. The second-order valence-corrected chi connectivity index (χ2v) is 7.00. The molecule has 1 aliphatic rings. The largest absolute Gasteiger partial charge is 0.495 e. The highest BCUT2D eigenvalue weighted by atomic mass is 35.5. The van der Waals surface area contributed by atoms with Gasteiger partial charge in [-0.05, 0) is 49.5 Å². The first-order chi connectivity index (χ1) is 13.0. The highest BCUT2D eigenvalue weighted by Gasteiger charge is 2.14. The molecule has 3 rings (SSSR count). The van der Waals surface area contributed by atoms with Crippen LogP contribution in [0.5, 0.6) is 5.75 Å². The maximum atomic E-state index is 12.2. The third-order valence-corrected chi connectivity index (χ3v) is 4.92. The summed E-state index contributed by atoms with van der Waals surface area (Å²) in [6.45, 7) is 4.34. The fourth-order valence-electron chi connectivity index (χ4n) is 2.98. The summed E-state index contributed by atoms with van der Waals surface area (Å²) in [5, 5.41) is 6.46. The van der Waals surface area contributed by atoms with Crippen molar-refractivity contribution in [3.8, 4) is 5.75 Å². The summed E-state index contributed by atoms with van der Waals surface area (Å²) in [6, 6.07) is 13.3. The third kappa shape index (κ3) is 5.28. The Hall–Kier alpha value is -2.44. The maximum absolute atomic E-state index is 12.2. The number of carbonyl (C=O) groups excluding carboxylic acids is 1. The lowest BCUT2D eigenvalue weighted by Gasteiger charge is -2.34. The van der Waals surface area contributed by atoms with Gasteiger partial charge in [0.05, 0.1) is 18.7 Å². The molecule has 7 heteroatoms. The molecule has 0 saturated carbocycles. The lowest BCUT2D eigenvalue weighted by molar-refractivity contribution is -0.114. The smallest absolute Gasteiger partial charge is 0.243 e. The number of methoxy groups -OCH3 is 1. The summed E-state index contributed by atoms with van der Waals surface area (Å²) in [5.74, 6) is 0.487. The van der Waals surface area contributed by atoms with E-state index in [1.165, 1.54) is 5.69 Å². The minimum absolute atomic E-state index is 0.116. The fourth-order valence-corrected chi connectivity index (χ4v) is 3.24. The van der Waals surface area contributed by atoms with Crippen LogP contribution in [-0.2, 0) is 4.79 Å². The molecule has 0 bridgehead atoms. The number of hydrogen-bond donors (Lipinski definition) is 2. The summed E-state index contributed by atoms with van der Waals surface area (Å²) in [6.07, 6.45) is 0. The lowest BCUT2D eigenvalue weighted by Crippen LogP contribution is -2.44. The van der Waals surface area contributed by atoms with Gasteiger partial charge in [0.25, 0.3) is 0 Å². The monoisotopic (exact) mass is 388 g/mol. The molecule has 0 aliphatic carbocycles. The van der Waals surface area contributed by atoms with E-state index in [1.807, 2.05) is 18.2 Å². The molecule has 0 aromatic heterocycles. The van der Waals surface area contributed by atoms with Gasteiger partial charge in [-0.3, -0.25) is 4.79 Å². The predicted octanol–water partition coefficient (Wildman–Crippen LogP) is 3.15. The number of likely N-dealkylation sites (N-methyl/N-ethyl adjacent to an activating group) is 1. The molecule has 2 N–H and O–H groups in total. The number of hydrogen-bond acceptors (Lipinski definition) is 5. The molecule has 1 amide bonds. The van der Waals surface area contributed by atoms with Crippen molar-refractivity contribution in [2.75, 3.05) is 62.4 Å². The molecule has 1 heterocycles. The molecule has 27 heavy (non-hydrogen) atoms. The van der Waals surface area contributed by atoms with E-state index in [0.717, 1.165) is 37.6 Å². The number of halogens is 1. The fraction of sp³-hybridized carbons (Fsp3) is 0.350. The van der Waals surface area contributed by atoms with E-state index in [-0.39, 0.29) is 12.5 Å². The highest BCUT2D eigenvalue weighted by Crippen LogP contribution is 2.27. The molecule has 0 unspecified atom stereocenters. The third-order valence-electron chi connectivity index (χ3n) is 4.62. The van der Waals surface area contributed by atoms with Crippen LogP contribution in [0.15, 0.2) is 42.5 Å². The first-order valence-electron chi connectivity index (χ1n) is 8.96. The average Bonchev–Trinajstić information content (AvgIpc) is 2.68. The minimum atomic E-state index is -0.116. The number of anilines is 3. The van der Waals surface area contributed by atoms with Gasteiger partial charge in [0.1, 0.15) is 5.75 Å². The van der Waals surface area contributed by atoms with E-state index in [1.54, 1.807) is 19.2 Å². The Morgan fingerprint density at radius 3 is 2.37 bits per heavy atom. The number of benzene rings is 2. The second kappa shape index (κ2) is 8.97. The summed E-state index contributed by atoms with van der Waals surface area (Å²) in [4.78, 5) is 16.9. The lowest BCUT2D eigenvalue weighted by atomic mass is 10.2. The van der Waals surface area contributed by atoms with Crippen LogP contribution in [0.2, 0.25) is 5.02 Å². The number of amides is 1. The molecule has 2 aromatic rings. The minimum Gasteiger partial charge on any atom is -0.495 e. The predicted molar refractivity (Wildman–Crippen MR) is 111 cm³/mol. The molecular weight excluding hydrogens is 364 g/mol. The number of nitrogens with zero attached hydrogens (tertiary/aromatic N) is 2. The second-order valence-electron chi connectivity index (χ2n) is 6.59. The van der Waals surface area contributed by atoms with Gasteiger partial charge in [0.2, 0.25) is 5.91 Å². The van der Waals surface area contributed by atoms with Crippen LogP contribution in [-0.4, -0.2) is 57.7 Å². The van der Waals surface area contributed by atoms with Crippen molar-refractivity contribution in [2.24, 2.45) is 0 Å². The number of piperazine rings is 1. The quantitative estimate of drug-likeness (QED) is 0.796. The van der Waals surface area contributed by atoms with Crippen molar-refractivity contribution in [2.45, 2.75) is 0 Å². The summed E-state index contributed by atoms with van der Waals surface area (Å²) < 4.78 is 5.12. The number of ether oxygens (including phenoxy) is 1. The van der Waals surface area contributed by atoms with Crippen molar-refractivity contribution in [1.82, 2.24) is 4.90 Å². The van der Waals surface area contributed by atoms with E-state index < -0.39 is 0 Å². The van der Waals surface area contributed by atoms with Gasteiger partial charge >= 0.3 is 0 Å². The zero-order valence-corrected chi connectivity index (χ0v) is 16.4. The molecule has 6 nitrogen and oxygen atoms in total. The highest BCUT2D eigenvalue weighted by molar-refractivity contribution is 6.32. The van der Waals surface area contributed by atoms with Crippen molar-refractivity contribution < 1.29 is 9.53 Å². The van der Waals surface area contributed by atoms with Crippen LogP contribution in [0.25, 0.3) is 0 Å². The molecule has 0 radical (unpaired) electrons. The van der Waals surface area contributed by atoms with Gasteiger partial charge in [-0.1, -0.05) is 11.6 Å².